The van der Waals surface area contributed by atoms with Crippen LogP contribution in [0.1, 0.15) is 24.3 Å². The van der Waals surface area contributed by atoms with E-state index in [-0.39, 0.29) is 12.5 Å². The Morgan fingerprint density at radius 2 is 1.93 bits per heavy atom. The summed E-state index contributed by atoms with van der Waals surface area (Å²) in [6.45, 7) is 2.48. The number of piperidine rings is 1. The third kappa shape index (κ3) is 4.34. The number of aromatic amines is 1. The van der Waals surface area contributed by atoms with Gasteiger partial charge in [-0.15, -0.1) is 0 Å². The molecule has 1 aliphatic rings. The van der Waals surface area contributed by atoms with Gasteiger partial charge in [0, 0.05) is 30.9 Å². The Hall–Kier alpha value is -2.86. The van der Waals surface area contributed by atoms with E-state index in [2.05, 4.69) is 22.2 Å². The fraction of sp³-hybridized carbons (Fsp3) is 0.364. The number of nitrogens with zero attached hydrogens (tertiary/aromatic N) is 2. The van der Waals surface area contributed by atoms with E-state index in [0.717, 1.165) is 37.3 Å². The second-order valence-corrected chi connectivity index (χ2v) is 7.01. The average Bonchev–Trinajstić information content (AvgIpc) is 3.18. The molecule has 1 aliphatic heterocycles. The molecule has 0 aliphatic carbocycles. The highest BCUT2D eigenvalue weighted by Crippen LogP contribution is 2.32. The average molecular weight is 379 g/mol. The minimum absolute atomic E-state index is 0.0544. The molecule has 146 valence electrons. The maximum atomic E-state index is 12.4. The Bertz CT molecular complexity index is 902. The number of hydrogen-bond acceptors (Lipinski definition) is 4. The van der Waals surface area contributed by atoms with Gasteiger partial charge in [0.1, 0.15) is 24.6 Å². The van der Waals surface area contributed by atoms with Crippen LogP contribution in [0.3, 0.4) is 0 Å². The summed E-state index contributed by atoms with van der Waals surface area (Å²) in [6, 6.07) is 13.7. The van der Waals surface area contributed by atoms with Crippen molar-refractivity contribution in [2.24, 2.45) is 0 Å². The van der Waals surface area contributed by atoms with Crippen molar-refractivity contribution >= 4 is 16.9 Å². The second kappa shape index (κ2) is 8.89. The molecular formula is C22H25N3O3. The summed E-state index contributed by atoms with van der Waals surface area (Å²) in [6.07, 6.45) is 5.79. The predicted octanol–water partition coefficient (Wildman–Crippen LogP) is 3.36. The van der Waals surface area contributed by atoms with Crippen LogP contribution in [-0.2, 0) is 9.53 Å². The first-order valence-corrected chi connectivity index (χ1v) is 9.76. The number of aromatic nitrogens is 2. The zero-order chi connectivity index (χ0) is 19.2. The molecule has 0 unspecified atom stereocenters. The van der Waals surface area contributed by atoms with E-state index in [1.807, 2.05) is 41.3 Å². The molecular weight excluding hydrogens is 354 g/mol. The van der Waals surface area contributed by atoms with E-state index in [0.29, 0.717) is 19.1 Å². The molecule has 6 heteroatoms. The third-order valence-corrected chi connectivity index (χ3v) is 5.24. The van der Waals surface area contributed by atoms with Crippen LogP contribution < -0.4 is 4.74 Å². The van der Waals surface area contributed by atoms with Crippen molar-refractivity contribution in [3.63, 3.8) is 0 Å². The van der Waals surface area contributed by atoms with Crippen molar-refractivity contribution in [3.8, 4) is 5.75 Å². The van der Waals surface area contributed by atoms with Crippen LogP contribution in [0, 0.1) is 0 Å². The minimum Gasteiger partial charge on any atom is -0.491 e. The number of rotatable bonds is 7. The third-order valence-electron chi connectivity index (χ3n) is 5.24. The predicted molar refractivity (Wildman–Crippen MR) is 107 cm³/mol. The molecule has 0 spiro atoms. The van der Waals surface area contributed by atoms with E-state index in [1.54, 1.807) is 6.20 Å². The summed E-state index contributed by atoms with van der Waals surface area (Å²) < 4.78 is 11.1. The number of pyridine rings is 1. The fourth-order valence-electron chi connectivity index (χ4n) is 3.74. The summed E-state index contributed by atoms with van der Waals surface area (Å²) in [5, 5.41) is 1.19. The number of para-hydroxylation sites is 1. The van der Waals surface area contributed by atoms with Crippen molar-refractivity contribution in [2.75, 3.05) is 32.9 Å². The Morgan fingerprint density at radius 1 is 1.11 bits per heavy atom. The van der Waals surface area contributed by atoms with Crippen molar-refractivity contribution in [3.05, 3.63) is 60.4 Å². The highest BCUT2D eigenvalue weighted by molar-refractivity contribution is 5.80. The Morgan fingerprint density at radius 3 is 2.75 bits per heavy atom. The van der Waals surface area contributed by atoms with Crippen LogP contribution in [0.4, 0.5) is 0 Å². The summed E-state index contributed by atoms with van der Waals surface area (Å²) in [7, 11) is 0. The zero-order valence-corrected chi connectivity index (χ0v) is 15.8. The van der Waals surface area contributed by atoms with Gasteiger partial charge in [-0.05, 0) is 48.6 Å². The summed E-state index contributed by atoms with van der Waals surface area (Å²) in [5.74, 6) is 1.33. The maximum Gasteiger partial charge on any atom is 0.248 e. The van der Waals surface area contributed by atoms with Crippen LogP contribution in [0.15, 0.2) is 54.9 Å². The molecule has 1 amide bonds. The molecule has 1 aromatic carbocycles. The standard InChI is InChI=1S/C22H25N3O3/c26-21(16-27-13-14-28-18-5-2-1-3-6-18)25-11-8-17(9-12-25)20-15-24-22-19(20)7-4-10-23-22/h1-7,10,15,17H,8-9,11-14,16H2,(H,23,24). The molecule has 0 saturated carbocycles. The highest BCUT2D eigenvalue weighted by Gasteiger charge is 2.25. The van der Waals surface area contributed by atoms with Gasteiger partial charge in [0.05, 0.1) is 6.61 Å². The number of carbonyl (C=O) groups excluding carboxylic acids is 1. The van der Waals surface area contributed by atoms with Crippen molar-refractivity contribution < 1.29 is 14.3 Å². The van der Waals surface area contributed by atoms with E-state index >= 15 is 0 Å². The van der Waals surface area contributed by atoms with Crippen LogP contribution in [0.25, 0.3) is 11.0 Å². The molecule has 4 rings (SSSR count). The number of nitrogens with one attached hydrogen (secondary N) is 1. The first-order chi connectivity index (χ1) is 13.8. The van der Waals surface area contributed by atoms with Gasteiger partial charge >= 0.3 is 0 Å². The first kappa shape index (κ1) is 18.5. The van der Waals surface area contributed by atoms with Crippen LogP contribution >= 0.6 is 0 Å². The lowest BCUT2D eigenvalue weighted by atomic mass is 9.89. The number of benzene rings is 1. The van der Waals surface area contributed by atoms with Gasteiger partial charge in [0.15, 0.2) is 0 Å². The van der Waals surface area contributed by atoms with Crippen molar-refractivity contribution in [2.45, 2.75) is 18.8 Å². The number of ether oxygens (including phenoxy) is 2. The number of carbonyl (C=O) groups is 1. The van der Waals surface area contributed by atoms with E-state index in [1.165, 1.54) is 10.9 Å². The lowest BCUT2D eigenvalue weighted by Crippen LogP contribution is -2.40. The number of amides is 1. The first-order valence-electron chi connectivity index (χ1n) is 9.76. The van der Waals surface area contributed by atoms with Gasteiger partial charge in [0.2, 0.25) is 5.91 Å². The summed E-state index contributed by atoms with van der Waals surface area (Å²) in [4.78, 5) is 21.9. The zero-order valence-electron chi connectivity index (χ0n) is 15.8. The Kier molecular flexibility index (Phi) is 5.87. The SMILES string of the molecule is O=C(COCCOc1ccccc1)N1CCC(c2c[nH]c3ncccc23)CC1. The molecule has 3 aromatic rings. The topological polar surface area (TPSA) is 67.5 Å². The molecule has 2 aromatic heterocycles. The van der Waals surface area contributed by atoms with Gasteiger partial charge in [-0.2, -0.15) is 0 Å². The Labute approximate surface area is 164 Å². The molecule has 1 saturated heterocycles. The van der Waals surface area contributed by atoms with Crippen molar-refractivity contribution in [1.29, 1.82) is 0 Å². The lowest BCUT2D eigenvalue weighted by molar-refractivity contribution is -0.137. The number of likely N-dealkylation sites (tertiary alicyclic amines) is 1. The molecule has 0 radical (unpaired) electrons. The van der Waals surface area contributed by atoms with Gasteiger partial charge in [-0.3, -0.25) is 4.79 Å². The normalized spacial score (nSPS) is 15.1. The van der Waals surface area contributed by atoms with Gasteiger partial charge in [-0.25, -0.2) is 4.98 Å². The smallest absolute Gasteiger partial charge is 0.248 e. The minimum atomic E-state index is 0.0544. The monoisotopic (exact) mass is 379 g/mol. The summed E-state index contributed by atoms with van der Waals surface area (Å²) in [5.41, 5.74) is 2.24. The van der Waals surface area contributed by atoms with E-state index < -0.39 is 0 Å². The fourth-order valence-corrected chi connectivity index (χ4v) is 3.74. The van der Waals surface area contributed by atoms with Gasteiger partial charge in [-0.1, -0.05) is 18.2 Å². The van der Waals surface area contributed by atoms with Crippen LogP contribution in [0.5, 0.6) is 5.75 Å². The van der Waals surface area contributed by atoms with Crippen LogP contribution in [-0.4, -0.2) is 53.7 Å². The van der Waals surface area contributed by atoms with E-state index in [4.69, 9.17) is 9.47 Å². The number of hydrogen-bond donors (Lipinski definition) is 1. The Balaban J connectivity index is 1.19. The molecule has 1 fully saturated rings. The second-order valence-electron chi connectivity index (χ2n) is 7.01. The number of fused-ring (bicyclic) bond motifs is 1. The molecule has 28 heavy (non-hydrogen) atoms. The number of H-pyrrole nitrogens is 1. The van der Waals surface area contributed by atoms with Crippen LogP contribution in [0.2, 0.25) is 0 Å². The summed E-state index contributed by atoms with van der Waals surface area (Å²) >= 11 is 0. The quantitative estimate of drug-likeness (QED) is 0.639. The maximum absolute atomic E-state index is 12.4. The largest absolute Gasteiger partial charge is 0.491 e. The van der Waals surface area contributed by atoms with Crippen molar-refractivity contribution in [1.82, 2.24) is 14.9 Å². The van der Waals surface area contributed by atoms with Gasteiger partial charge in [0.25, 0.3) is 0 Å². The molecule has 1 N–H and O–H groups in total. The molecule has 0 atom stereocenters. The van der Waals surface area contributed by atoms with Gasteiger partial charge < -0.3 is 19.4 Å². The molecule has 3 heterocycles. The molecule has 6 nitrogen and oxygen atoms in total. The molecule has 0 bridgehead atoms. The highest BCUT2D eigenvalue weighted by atomic mass is 16.5. The van der Waals surface area contributed by atoms with E-state index in [9.17, 15) is 4.79 Å². The lowest BCUT2D eigenvalue weighted by Gasteiger charge is -2.32.